The van der Waals surface area contributed by atoms with Crippen molar-refractivity contribution in [3.63, 3.8) is 0 Å². The van der Waals surface area contributed by atoms with Crippen LogP contribution in [0.1, 0.15) is 20.7 Å². The fraction of sp³-hybridized carbons (Fsp3) is 0.100. The zero-order valence-corrected chi connectivity index (χ0v) is 13.4. The molecule has 2 aromatic rings. The Balaban J connectivity index is 0.000000400. The number of carbonyl (C=O) groups excluding carboxylic acids is 2. The van der Waals surface area contributed by atoms with Crippen LogP contribution < -0.4 is 0 Å². The summed E-state index contributed by atoms with van der Waals surface area (Å²) in [6, 6.07) is 18.2. The molecule has 0 aliphatic heterocycles. The number of carbonyl (C=O) groups is 2. The highest BCUT2D eigenvalue weighted by Crippen LogP contribution is 2.08. The summed E-state index contributed by atoms with van der Waals surface area (Å²) < 4.78 is 9.74. The fourth-order valence-electron chi connectivity index (χ4n) is 1.59. The third kappa shape index (κ3) is 7.22. The Labute approximate surface area is 142 Å². The number of rotatable bonds is 6. The van der Waals surface area contributed by atoms with Crippen LogP contribution in [0.25, 0.3) is 0 Å². The molecule has 0 heterocycles. The number of hydrogen-bond donors (Lipinski definition) is 0. The van der Waals surface area contributed by atoms with Gasteiger partial charge in [0.15, 0.2) is 0 Å². The quantitative estimate of drug-likeness (QED) is 0.594. The fourth-order valence-corrected chi connectivity index (χ4v) is 1.59. The van der Waals surface area contributed by atoms with E-state index in [0.717, 1.165) is 0 Å². The molecule has 0 fully saturated rings. The first-order valence-corrected chi connectivity index (χ1v) is 7.35. The first-order chi connectivity index (χ1) is 11.7. The minimum atomic E-state index is -0.506. The smallest absolute Gasteiger partial charge is 0.338 e. The number of benzene rings is 2. The van der Waals surface area contributed by atoms with E-state index in [1.807, 2.05) is 36.4 Å². The average molecular weight is 324 g/mol. The molecule has 0 radical (unpaired) electrons. The van der Waals surface area contributed by atoms with E-state index in [2.05, 4.69) is 13.2 Å². The second kappa shape index (κ2) is 11.4. The van der Waals surface area contributed by atoms with E-state index in [0.29, 0.717) is 11.1 Å². The summed E-state index contributed by atoms with van der Waals surface area (Å²) in [6.07, 6.45) is 2.94. The highest BCUT2D eigenvalue weighted by Gasteiger charge is 2.11. The molecular weight excluding hydrogens is 304 g/mol. The predicted molar refractivity (Wildman–Crippen MR) is 93.8 cm³/mol. The van der Waals surface area contributed by atoms with Crippen LogP contribution in [-0.2, 0) is 9.47 Å². The summed E-state index contributed by atoms with van der Waals surface area (Å²) in [5.74, 6) is -1.01. The van der Waals surface area contributed by atoms with Gasteiger partial charge in [-0.3, -0.25) is 0 Å². The monoisotopic (exact) mass is 324 g/mol. The summed E-state index contributed by atoms with van der Waals surface area (Å²) in [5, 5.41) is 0. The lowest BCUT2D eigenvalue weighted by Gasteiger charge is -2.05. The van der Waals surface area contributed by atoms with Crippen LogP contribution in [0.15, 0.2) is 86.0 Å². The summed E-state index contributed by atoms with van der Waals surface area (Å²) in [4.78, 5) is 23.1. The molecule has 2 aromatic carbocycles. The molecule has 0 aromatic heterocycles. The minimum absolute atomic E-state index is 0.129. The van der Waals surface area contributed by atoms with Crippen LogP contribution in [0.3, 0.4) is 0 Å². The van der Waals surface area contributed by atoms with Crippen molar-refractivity contribution in [2.24, 2.45) is 0 Å². The average Bonchev–Trinajstić information content (AvgIpc) is 2.66. The number of hydrogen-bond acceptors (Lipinski definition) is 4. The maximum absolute atomic E-state index is 11.6. The van der Waals surface area contributed by atoms with Gasteiger partial charge in [0.05, 0.1) is 11.1 Å². The molecule has 0 unspecified atom stereocenters. The van der Waals surface area contributed by atoms with Crippen molar-refractivity contribution in [3.8, 4) is 0 Å². The van der Waals surface area contributed by atoms with Gasteiger partial charge in [-0.15, -0.1) is 0 Å². The van der Waals surface area contributed by atoms with Gasteiger partial charge < -0.3 is 9.47 Å². The third-order valence-corrected chi connectivity index (χ3v) is 2.67. The Kier molecular flexibility index (Phi) is 9.01. The molecule has 2 rings (SSSR count). The lowest BCUT2D eigenvalue weighted by Crippen LogP contribution is -2.09. The summed E-state index contributed by atoms with van der Waals surface area (Å²) in [7, 11) is 0. The van der Waals surface area contributed by atoms with Gasteiger partial charge in [0.1, 0.15) is 13.2 Å². The van der Waals surface area contributed by atoms with Crippen LogP contribution in [0.2, 0.25) is 0 Å². The first-order valence-electron chi connectivity index (χ1n) is 7.35. The Morgan fingerprint density at radius 2 is 1.12 bits per heavy atom. The van der Waals surface area contributed by atoms with E-state index >= 15 is 0 Å². The number of esters is 2. The predicted octanol–water partition coefficient (Wildman–Crippen LogP) is 4.06. The van der Waals surface area contributed by atoms with E-state index in [1.54, 1.807) is 18.2 Å². The van der Waals surface area contributed by atoms with Crippen molar-refractivity contribution >= 4 is 11.9 Å². The van der Waals surface area contributed by atoms with Gasteiger partial charge >= 0.3 is 11.9 Å². The number of ether oxygens (including phenoxy) is 2. The van der Waals surface area contributed by atoms with E-state index in [-0.39, 0.29) is 13.2 Å². The van der Waals surface area contributed by atoms with Crippen LogP contribution in [0.4, 0.5) is 0 Å². The van der Waals surface area contributed by atoms with Gasteiger partial charge in [0.2, 0.25) is 0 Å². The molecule has 0 saturated heterocycles. The summed E-state index contributed by atoms with van der Waals surface area (Å²) in [6.45, 7) is 7.15. The van der Waals surface area contributed by atoms with Crippen molar-refractivity contribution in [2.75, 3.05) is 13.2 Å². The maximum atomic E-state index is 11.6. The van der Waals surface area contributed by atoms with Crippen LogP contribution in [-0.4, -0.2) is 25.2 Å². The molecule has 0 spiro atoms. The third-order valence-electron chi connectivity index (χ3n) is 2.67. The van der Waals surface area contributed by atoms with Crippen molar-refractivity contribution in [3.05, 3.63) is 97.1 Å². The Morgan fingerprint density at radius 3 is 1.46 bits per heavy atom. The highest BCUT2D eigenvalue weighted by molar-refractivity contribution is 5.95. The summed E-state index contributed by atoms with van der Waals surface area (Å²) in [5.41, 5.74) is 0.592. The molecule has 4 nitrogen and oxygen atoms in total. The SMILES string of the molecule is C=CCOC(=O)c1cccc(C(=O)OCC=C)c1.c1ccccc1. The lowest BCUT2D eigenvalue weighted by molar-refractivity contribution is 0.0548. The van der Waals surface area contributed by atoms with E-state index < -0.39 is 11.9 Å². The molecular formula is C20H20O4. The van der Waals surface area contributed by atoms with Crippen LogP contribution in [0.5, 0.6) is 0 Å². The highest BCUT2D eigenvalue weighted by atomic mass is 16.5. The van der Waals surface area contributed by atoms with Crippen molar-refractivity contribution in [2.45, 2.75) is 0 Å². The van der Waals surface area contributed by atoms with Crippen molar-refractivity contribution in [1.82, 2.24) is 0 Å². The molecule has 0 bridgehead atoms. The molecule has 124 valence electrons. The van der Waals surface area contributed by atoms with Gasteiger partial charge in [-0.2, -0.15) is 0 Å². The van der Waals surface area contributed by atoms with Crippen molar-refractivity contribution in [1.29, 1.82) is 0 Å². The lowest BCUT2D eigenvalue weighted by atomic mass is 10.1. The second-order valence-electron chi connectivity index (χ2n) is 4.51. The first kappa shape index (κ1) is 18.9. The van der Waals surface area contributed by atoms with E-state index in [4.69, 9.17) is 9.47 Å². The normalized spacial score (nSPS) is 9.00. The zero-order chi connectivity index (χ0) is 17.6. The molecule has 0 atom stereocenters. The van der Waals surface area contributed by atoms with Gasteiger partial charge in [-0.25, -0.2) is 9.59 Å². The largest absolute Gasteiger partial charge is 0.458 e. The molecule has 0 aliphatic rings. The Morgan fingerprint density at radius 1 is 0.750 bits per heavy atom. The topological polar surface area (TPSA) is 52.6 Å². The molecule has 0 amide bonds. The minimum Gasteiger partial charge on any atom is -0.458 e. The maximum Gasteiger partial charge on any atom is 0.338 e. The molecule has 4 heteroatoms. The molecule has 0 saturated carbocycles. The molecule has 0 N–H and O–H groups in total. The van der Waals surface area contributed by atoms with Crippen molar-refractivity contribution < 1.29 is 19.1 Å². The van der Waals surface area contributed by atoms with Crippen LogP contribution >= 0.6 is 0 Å². The molecule has 0 aliphatic carbocycles. The van der Waals surface area contributed by atoms with Gasteiger partial charge in [-0.1, -0.05) is 67.8 Å². The standard InChI is InChI=1S/C14H14O4.C6H6/c1-3-8-17-13(15)11-6-5-7-12(10-11)14(16)18-9-4-2;1-2-4-6-5-3-1/h3-7,10H,1-2,8-9H2;1-6H. The summed E-state index contributed by atoms with van der Waals surface area (Å²) >= 11 is 0. The van der Waals surface area contributed by atoms with Crippen LogP contribution in [0, 0.1) is 0 Å². The second-order valence-corrected chi connectivity index (χ2v) is 4.51. The Bertz CT molecular complexity index is 596. The van der Waals surface area contributed by atoms with Gasteiger partial charge in [0.25, 0.3) is 0 Å². The Hall–Kier alpha value is -3.14. The van der Waals surface area contributed by atoms with E-state index in [9.17, 15) is 9.59 Å². The van der Waals surface area contributed by atoms with Gasteiger partial charge in [-0.05, 0) is 18.2 Å². The molecule has 24 heavy (non-hydrogen) atoms. The van der Waals surface area contributed by atoms with E-state index in [1.165, 1.54) is 18.2 Å². The van der Waals surface area contributed by atoms with Gasteiger partial charge in [0, 0.05) is 0 Å². The zero-order valence-electron chi connectivity index (χ0n) is 13.4.